The van der Waals surface area contributed by atoms with Crippen LogP contribution in [0.5, 0.6) is 0 Å². The van der Waals surface area contributed by atoms with Gasteiger partial charge in [-0.15, -0.1) is 13.2 Å². The molecule has 0 bridgehead atoms. The highest BCUT2D eigenvalue weighted by Crippen LogP contribution is 2.21. The van der Waals surface area contributed by atoms with Crippen LogP contribution in [-0.4, -0.2) is 18.5 Å². The molecule has 0 spiro atoms. The Bertz CT molecular complexity index is 180. The first-order chi connectivity index (χ1) is 5.81. The predicted octanol–water partition coefficient (Wildman–Crippen LogP) is 2.04. The molecule has 0 saturated carbocycles. The Morgan fingerprint density at radius 2 is 1.58 bits per heavy atom. The zero-order valence-electron chi connectivity index (χ0n) is 7.27. The summed E-state index contributed by atoms with van der Waals surface area (Å²) >= 11 is 0. The van der Waals surface area contributed by atoms with Gasteiger partial charge in [0.2, 0.25) is 0 Å². The van der Waals surface area contributed by atoms with Crippen molar-refractivity contribution in [3.05, 3.63) is 37.5 Å². The summed E-state index contributed by atoms with van der Waals surface area (Å²) in [6.45, 7) is 9.24. The normalized spacial score (nSPS) is 35.6. The van der Waals surface area contributed by atoms with Gasteiger partial charge in [0.15, 0.2) is 6.29 Å². The molecule has 0 radical (unpaired) electrons. The van der Waals surface area contributed by atoms with Crippen molar-refractivity contribution in [2.75, 3.05) is 0 Å². The lowest BCUT2D eigenvalue weighted by atomic mass is 10.2. The Morgan fingerprint density at radius 3 is 1.92 bits per heavy atom. The van der Waals surface area contributed by atoms with Crippen LogP contribution in [0.25, 0.3) is 0 Å². The van der Waals surface area contributed by atoms with Gasteiger partial charge in [0.25, 0.3) is 0 Å². The summed E-state index contributed by atoms with van der Waals surface area (Å²) in [6, 6.07) is 0. The summed E-state index contributed by atoms with van der Waals surface area (Å²) in [5.74, 6) is 0. The Hall–Kier alpha value is -0.860. The summed E-state index contributed by atoms with van der Waals surface area (Å²) < 4.78 is 10.9. The quantitative estimate of drug-likeness (QED) is 0.597. The van der Waals surface area contributed by atoms with Gasteiger partial charge in [-0.1, -0.05) is 18.2 Å². The second kappa shape index (κ2) is 4.24. The number of rotatable bonds is 3. The molecule has 0 aromatic carbocycles. The minimum Gasteiger partial charge on any atom is -0.339 e. The van der Waals surface area contributed by atoms with Crippen LogP contribution in [0, 0.1) is 0 Å². The van der Waals surface area contributed by atoms with Crippen molar-refractivity contribution in [2.24, 2.45) is 0 Å². The third-order valence-corrected chi connectivity index (χ3v) is 1.72. The first kappa shape index (κ1) is 9.23. The van der Waals surface area contributed by atoms with Gasteiger partial charge in [-0.3, -0.25) is 0 Å². The fourth-order valence-electron chi connectivity index (χ4n) is 1.12. The van der Waals surface area contributed by atoms with Gasteiger partial charge in [-0.25, -0.2) is 0 Å². The SMILES string of the molecule is C=CC1OC(C=CC)OC1C=C. The topological polar surface area (TPSA) is 18.5 Å². The van der Waals surface area contributed by atoms with Crippen molar-refractivity contribution in [3.63, 3.8) is 0 Å². The Kier molecular flexibility index (Phi) is 3.26. The lowest BCUT2D eigenvalue weighted by Crippen LogP contribution is -2.16. The van der Waals surface area contributed by atoms with Gasteiger partial charge in [0, 0.05) is 0 Å². The Labute approximate surface area is 73.2 Å². The van der Waals surface area contributed by atoms with Crippen LogP contribution < -0.4 is 0 Å². The van der Waals surface area contributed by atoms with Gasteiger partial charge in [0.05, 0.1) is 0 Å². The van der Waals surface area contributed by atoms with Crippen molar-refractivity contribution in [1.29, 1.82) is 0 Å². The molecule has 12 heavy (non-hydrogen) atoms. The molecular weight excluding hydrogens is 152 g/mol. The van der Waals surface area contributed by atoms with Gasteiger partial charge >= 0.3 is 0 Å². The van der Waals surface area contributed by atoms with Gasteiger partial charge in [-0.05, 0) is 13.0 Å². The fraction of sp³-hybridized carbons (Fsp3) is 0.400. The summed E-state index contributed by atoms with van der Waals surface area (Å²) in [5.41, 5.74) is 0. The van der Waals surface area contributed by atoms with E-state index in [-0.39, 0.29) is 18.5 Å². The van der Waals surface area contributed by atoms with E-state index >= 15 is 0 Å². The van der Waals surface area contributed by atoms with Crippen LogP contribution >= 0.6 is 0 Å². The molecule has 0 N–H and O–H groups in total. The zero-order chi connectivity index (χ0) is 8.97. The molecule has 0 aromatic rings. The number of allylic oxidation sites excluding steroid dienone is 1. The van der Waals surface area contributed by atoms with Crippen LogP contribution in [0.2, 0.25) is 0 Å². The highest BCUT2D eigenvalue weighted by Gasteiger charge is 2.30. The van der Waals surface area contributed by atoms with E-state index in [1.807, 2.05) is 19.1 Å². The number of hydrogen-bond donors (Lipinski definition) is 0. The van der Waals surface area contributed by atoms with Crippen LogP contribution in [-0.2, 0) is 9.47 Å². The summed E-state index contributed by atoms with van der Waals surface area (Å²) in [4.78, 5) is 0. The predicted molar refractivity (Wildman–Crippen MR) is 48.7 cm³/mol. The van der Waals surface area contributed by atoms with E-state index in [9.17, 15) is 0 Å². The molecule has 1 aliphatic rings. The zero-order valence-corrected chi connectivity index (χ0v) is 7.27. The van der Waals surface area contributed by atoms with Crippen molar-refractivity contribution in [3.8, 4) is 0 Å². The van der Waals surface area contributed by atoms with Crippen molar-refractivity contribution < 1.29 is 9.47 Å². The summed E-state index contributed by atoms with van der Waals surface area (Å²) in [5, 5.41) is 0. The van der Waals surface area contributed by atoms with Crippen LogP contribution in [0.15, 0.2) is 37.5 Å². The van der Waals surface area contributed by atoms with E-state index in [2.05, 4.69) is 13.2 Å². The second-order valence-electron chi connectivity index (χ2n) is 2.57. The lowest BCUT2D eigenvalue weighted by molar-refractivity contribution is -0.0185. The Balaban J connectivity index is 2.58. The highest BCUT2D eigenvalue weighted by atomic mass is 16.7. The van der Waals surface area contributed by atoms with E-state index in [1.165, 1.54) is 0 Å². The molecule has 1 fully saturated rings. The standard InChI is InChI=1S/C10H14O2/c1-4-7-10-11-8(5-2)9(6-3)12-10/h4-10H,2-3H2,1H3. The molecule has 0 aliphatic carbocycles. The third kappa shape index (κ3) is 1.84. The monoisotopic (exact) mass is 166 g/mol. The lowest BCUT2D eigenvalue weighted by Gasteiger charge is -2.05. The summed E-state index contributed by atoms with van der Waals surface area (Å²) in [6.07, 6.45) is 6.84. The second-order valence-corrected chi connectivity index (χ2v) is 2.57. The average molecular weight is 166 g/mol. The summed E-state index contributed by atoms with van der Waals surface area (Å²) in [7, 11) is 0. The molecule has 1 saturated heterocycles. The highest BCUT2D eigenvalue weighted by molar-refractivity contribution is 5.02. The molecule has 0 amide bonds. The third-order valence-electron chi connectivity index (χ3n) is 1.72. The molecule has 1 aliphatic heterocycles. The van der Waals surface area contributed by atoms with Gasteiger partial charge in [-0.2, -0.15) is 0 Å². The first-order valence-electron chi connectivity index (χ1n) is 4.00. The largest absolute Gasteiger partial charge is 0.339 e. The maximum atomic E-state index is 5.46. The average Bonchev–Trinajstić information content (AvgIpc) is 2.48. The molecule has 2 heteroatoms. The van der Waals surface area contributed by atoms with Gasteiger partial charge in [0.1, 0.15) is 12.2 Å². The number of ether oxygens (including phenoxy) is 2. The molecule has 2 unspecified atom stereocenters. The fourth-order valence-corrected chi connectivity index (χ4v) is 1.12. The van der Waals surface area contributed by atoms with E-state index < -0.39 is 0 Å². The molecule has 1 heterocycles. The number of hydrogen-bond acceptors (Lipinski definition) is 2. The van der Waals surface area contributed by atoms with E-state index in [1.54, 1.807) is 12.2 Å². The van der Waals surface area contributed by atoms with Crippen molar-refractivity contribution in [1.82, 2.24) is 0 Å². The van der Waals surface area contributed by atoms with E-state index in [4.69, 9.17) is 9.47 Å². The van der Waals surface area contributed by atoms with Crippen molar-refractivity contribution in [2.45, 2.75) is 25.4 Å². The van der Waals surface area contributed by atoms with E-state index in [0.29, 0.717) is 0 Å². The molecular formula is C10H14O2. The molecule has 66 valence electrons. The first-order valence-corrected chi connectivity index (χ1v) is 4.00. The smallest absolute Gasteiger partial charge is 0.178 e. The maximum absolute atomic E-state index is 5.46. The molecule has 1 rings (SSSR count). The molecule has 2 nitrogen and oxygen atoms in total. The Morgan fingerprint density at radius 1 is 1.08 bits per heavy atom. The van der Waals surface area contributed by atoms with Gasteiger partial charge < -0.3 is 9.47 Å². The maximum Gasteiger partial charge on any atom is 0.178 e. The molecule has 2 atom stereocenters. The van der Waals surface area contributed by atoms with Crippen LogP contribution in [0.1, 0.15) is 6.92 Å². The van der Waals surface area contributed by atoms with Crippen molar-refractivity contribution >= 4 is 0 Å². The van der Waals surface area contributed by atoms with E-state index in [0.717, 1.165) is 0 Å². The van der Waals surface area contributed by atoms with Crippen LogP contribution in [0.4, 0.5) is 0 Å². The minimum absolute atomic E-state index is 0.0660. The van der Waals surface area contributed by atoms with Crippen LogP contribution in [0.3, 0.4) is 0 Å². The minimum atomic E-state index is -0.249. The molecule has 0 aromatic heterocycles.